The number of allylic oxidation sites excluding steroid dienone is 2. The maximum atomic E-state index is 11.7. The van der Waals surface area contributed by atoms with Gasteiger partial charge in [0.25, 0.3) is 0 Å². The lowest BCUT2D eigenvalue weighted by Crippen LogP contribution is -2.61. The van der Waals surface area contributed by atoms with Crippen LogP contribution in [0, 0.1) is 0 Å². The molecule has 43 heavy (non-hydrogen) atoms. The van der Waals surface area contributed by atoms with Gasteiger partial charge in [0.05, 0.1) is 66.1 Å². The molecule has 0 spiro atoms. The normalized spacial score (nSPS) is 21.3. The van der Waals surface area contributed by atoms with Gasteiger partial charge in [-0.1, -0.05) is 43.7 Å². The molecule has 11 heteroatoms. The van der Waals surface area contributed by atoms with E-state index in [9.17, 15) is 15.0 Å². The summed E-state index contributed by atoms with van der Waals surface area (Å²) in [5.41, 5.74) is 3.52. The number of aliphatic hydroxyl groups is 2. The highest BCUT2D eigenvalue weighted by Crippen LogP contribution is 2.17. The number of aliphatic hydroxyl groups excluding tert-OH is 2. The van der Waals surface area contributed by atoms with Crippen molar-refractivity contribution in [3.05, 3.63) is 35.5 Å². The van der Waals surface area contributed by atoms with Crippen LogP contribution in [-0.2, 0) is 38.0 Å². The van der Waals surface area contributed by atoms with Gasteiger partial charge in [-0.05, 0) is 45.1 Å². The third-order valence-corrected chi connectivity index (χ3v) is 6.55. The highest BCUT2D eigenvalue weighted by molar-refractivity contribution is 5.76. The minimum atomic E-state index is -1.15. The van der Waals surface area contributed by atoms with Crippen LogP contribution in [0.5, 0.6) is 0 Å². The number of hydrogen-bond acceptors (Lipinski definition) is 10. The number of rotatable bonds is 26. The monoisotopic (exact) mass is 615 g/mol. The van der Waals surface area contributed by atoms with Crippen LogP contribution in [0.15, 0.2) is 35.5 Å². The van der Waals surface area contributed by atoms with Gasteiger partial charge in [0.2, 0.25) is 5.91 Å². The largest absolute Gasteiger partial charge is 0.388 e. The summed E-state index contributed by atoms with van der Waals surface area (Å²) in [6.45, 7) is 17.7. The molecule has 0 aromatic carbocycles. The van der Waals surface area contributed by atoms with Gasteiger partial charge in [-0.3, -0.25) is 4.79 Å². The highest BCUT2D eigenvalue weighted by atomic mass is 16.7. The molecule has 1 amide bonds. The van der Waals surface area contributed by atoms with Crippen molar-refractivity contribution < 1.29 is 48.2 Å². The van der Waals surface area contributed by atoms with Crippen molar-refractivity contribution in [1.82, 2.24) is 5.32 Å². The number of amides is 1. The lowest BCUT2D eigenvalue weighted by molar-refractivity contribution is -0.234. The zero-order valence-electron chi connectivity index (χ0n) is 26.9. The first-order chi connectivity index (χ1) is 20.8. The van der Waals surface area contributed by atoms with E-state index >= 15 is 0 Å². The quantitative estimate of drug-likeness (QED) is 0.0757. The predicted molar refractivity (Wildman–Crippen MR) is 165 cm³/mol. The highest BCUT2D eigenvalue weighted by Gasteiger charge is 2.40. The van der Waals surface area contributed by atoms with Crippen molar-refractivity contribution in [2.24, 2.45) is 0 Å². The Hall–Kier alpha value is -1.67. The summed E-state index contributed by atoms with van der Waals surface area (Å²) in [4.78, 5) is 11.7. The van der Waals surface area contributed by atoms with E-state index < -0.39 is 24.5 Å². The molecule has 1 aliphatic rings. The summed E-state index contributed by atoms with van der Waals surface area (Å²) in [5, 5.41) is 22.6. The molecular weight excluding hydrogens is 558 g/mol. The van der Waals surface area contributed by atoms with Gasteiger partial charge < -0.3 is 48.7 Å². The molecule has 4 atom stereocenters. The summed E-state index contributed by atoms with van der Waals surface area (Å²) in [6, 6.07) is -0.823. The van der Waals surface area contributed by atoms with Crippen molar-refractivity contribution in [2.75, 3.05) is 79.3 Å². The number of nitrogens with one attached hydrogen (secondary N) is 1. The Morgan fingerprint density at radius 2 is 1.51 bits per heavy atom. The number of carbonyl (C=O) groups excluding carboxylic acids is 1. The lowest BCUT2D eigenvalue weighted by Gasteiger charge is -2.38. The van der Waals surface area contributed by atoms with E-state index in [2.05, 4.69) is 37.9 Å². The van der Waals surface area contributed by atoms with E-state index in [0.717, 1.165) is 31.4 Å². The Kier molecular flexibility index (Phi) is 23.5. The van der Waals surface area contributed by atoms with Crippen molar-refractivity contribution in [2.45, 2.75) is 84.3 Å². The molecule has 0 aromatic heterocycles. The summed E-state index contributed by atoms with van der Waals surface area (Å²) < 4.78 is 39.0. The van der Waals surface area contributed by atoms with Crippen LogP contribution in [0.4, 0.5) is 0 Å². The fourth-order valence-corrected chi connectivity index (χ4v) is 3.95. The van der Waals surface area contributed by atoms with Crippen LogP contribution in [0.2, 0.25) is 0 Å². The Morgan fingerprint density at radius 3 is 2.12 bits per heavy atom. The van der Waals surface area contributed by atoms with Crippen molar-refractivity contribution in [3.8, 4) is 0 Å². The topological polar surface area (TPSA) is 134 Å². The van der Waals surface area contributed by atoms with Crippen LogP contribution >= 0.6 is 0 Å². The van der Waals surface area contributed by atoms with E-state index in [1.54, 1.807) is 6.92 Å². The molecular formula is C32H57NO10. The molecule has 0 saturated carbocycles. The first-order valence-electron chi connectivity index (χ1n) is 15.6. The van der Waals surface area contributed by atoms with Gasteiger partial charge in [0.15, 0.2) is 6.29 Å². The molecule has 1 rings (SSSR count). The van der Waals surface area contributed by atoms with Gasteiger partial charge in [0, 0.05) is 19.6 Å². The number of carbonyl (C=O) groups is 1. The molecule has 11 nitrogen and oxygen atoms in total. The second kappa shape index (κ2) is 25.6. The molecule has 1 saturated heterocycles. The van der Waals surface area contributed by atoms with E-state index in [-0.39, 0.29) is 18.9 Å². The van der Waals surface area contributed by atoms with E-state index in [1.807, 2.05) is 6.92 Å². The fraction of sp³-hybridized carbons (Fsp3) is 0.781. The first kappa shape index (κ1) is 39.4. The fourth-order valence-electron chi connectivity index (χ4n) is 3.95. The number of hydrogen-bond donors (Lipinski definition) is 3. The second-order valence-electron chi connectivity index (χ2n) is 10.5. The SMILES string of the molecule is C=C(C)/C(=C\C/C(C)=C/CCOCCOCCOCCOCCCO[C@H]1OC[C@H](O)[C@H](O)[C@H]1NC(=O)CC)COCCC. The van der Waals surface area contributed by atoms with Crippen molar-refractivity contribution in [1.29, 1.82) is 0 Å². The van der Waals surface area contributed by atoms with E-state index in [0.29, 0.717) is 72.5 Å². The van der Waals surface area contributed by atoms with E-state index in [4.69, 9.17) is 33.2 Å². The third-order valence-electron chi connectivity index (χ3n) is 6.55. The molecule has 1 fully saturated rings. The zero-order chi connectivity index (χ0) is 31.7. The predicted octanol–water partition coefficient (Wildman–Crippen LogP) is 3.09. The van der Waals surface area contributed by atoms with Crippen molar-refractivity contribution >= 4 is 5.91 Å². The molecule has 0 bridgehead atoms. The molecule has 0 unspecified atom stereocenters. The smallest absolute Gasteiger partial charge is 0.220 e. The van der Waals surface area contributed by atoms with Crippen LogP contribution in [-0.4, -0.2) is 120 Å². The van der Waals surface area contributed by atoms with Gasteiger partial charge in [-0.15, -0.1) is 0 Å². The lowest BCUT2D eigenvalue weighted by atomic mass is 10.0. The van der Waals surface area contributed by atoms with Gasteiger partial charge >= 0.3 is 0 Å². The minimum absolute atomic E-state index is 0.0574. The Labute approximate surface area is 258 Å². The third kappa shape index (κ3) is 19.4. The number of ether oxygens (including phenoxy) is 7. The summed E-state index contributed by atoms with van der Waals surface area (Å²) in [6.07, 6.45) is 4.98. The Balaban J connectivity index is 1.96. The van der Waals surface area contributed by atoms with Crippen LogP contribution in [0.25, 0.3) is 0 Å². The molecule has 1 aliphatic heterocycles. The van der Waals surface area contributed by atoms with Crippen molar-refractivity contribution in [3.63, 3.8) is 0 Å². The van der Waals surface area contributed by atoms with Crippen LogP contribution in [0.3, 0.4) is 0 Å². The maximum Gasteiger partial charge on any atom is 0.220 e. The molecule has 1 heterocycles. The van der Waals surface area contributed by atoms with Gasteiger partial charge in [-0.25, -0.2) is 0 Å². The molecule has 3 N–H and O–H groups in total. The van der Waals surface area contributed by atoms with E-state index in [1.165, 1.54) is 11.1 Å². The molecule has 0 aliphatic carbocycles. The average Bonchev–Trinajstić information content (AvgIpc) is 2.99. The standard InChI is InChI=1S/C32H57NO10/c1-6-13-41-23-27(25(3)4)12-11-26(5)10-8-14-37-17-19-39-21-22-40-20-18-38-15-9-16-42-32-30(33-29(35)7-2)31(36)28(34)24-43-32/h10,12,28,30-32,34,36H,3,6-9,11,13-24H2,1-2,4-5H3,(H,33,35)/b26-10+,27-12-/t28-,30+,31-,32-/m0/s1. The average molecular weight is 616 g/mol. The minimum Gasteiger partial charge on any atom is -0.388 e. The van der Waals surface area contributed by atoms with Crippen LogP contribution in [0.1, 0.15) is 59.8 Å². The Morgan fingerprint density at radius 1 is 0.884 bits per heavy atom. The first-order valence-corrected chi connectivity index (χ1v) is 15.6. The molecule has 0 aromatic rings. The van der Waals surface area contributed by atoms with Gasteiger partial charge in [-0.2, -0.15) is 0 Å². The summed E-state index contributed by atoms with van der Waals surface area (Å²) >= 11 is 0. The second-order valence-corrected chi connectivity index (χ2v) is 10.5. The zero-order valence-corrected chi connectivity index (χ0v) is 26.9. The Bertz CT molecular complexity index is 803. The van der Waals surface area contributed by atoms with Crippen LogP contribution < -0.4 is 5.32 Å². The summed E-state index contributed by atoms with van der Waals surface area (Å²) in [7, 11) is 0. The maximum absolute atomic E-state index is 11.7. The molecule has 250 valence electrons. The molecule has 0 radical (unpaired) electrons. The summed E-state index contributed by atoms with van der Waals surface area (Å²) in [5.74, 6) is -0.252. The van der Waals surface area contributed by atoms with Gasteiger partial charge in [0.1, 0.15) is 18.2 Å².